The Bertz CT molecular complexity index is 618. The SMILES string of the molecule is CC=CCN(CC(C)C)P(N)(N)=O.CNP(N)(=O)NCc1ccccc1. The topological polar surface area (TPSA) is 140 Å². The van der Waals surface area contributed by atoms with Gasteiger partial charge in [0.2, 0.25) is 0 Å². The second kappa shape index (κ2) is 12.5. The van der Waals surface area contributed by atoms with Crippen LogP contribution >= 0.6 is 15.2 Å². The Labute approximate surface area is 157 Å². The van der Waals surface area contributed by atoms with Gasteiger partial charge in [-0.05, 0) is 25.5 Å². The van der Waals surface area contributed by atoms with Crippen molar-refractivity contribution < 1.29 is 9.13 Å². The summed E-state index contributed by atoms with van der Waals surface area (Å²) in [6.07, 6.45) is 3.79. The van der Waals surface area contributed by atoms with Crippen molar-refractivity contribution in [3.63, 3.8) is 0 Å². The van der Waals surface area contributed by atoms with E-state index in [9.17, 15) is 9.13 Å². The van der Waals surface area contributed by atoms with Crippen molar-refractivity contribution in [3.8, 4) is 0 Å². The Hall–Kier alpha value is -0.820. The van der Waals surface area contributed by atoms with Crippen molar-refractivity contribution >= 4 is 15.2 Å². The molecule has 1 aromatic carbocycles. The van der Waals surface area contributed by atoms with Crippen molar-refractivity contribution in [2.45, 2.75) is 27.3 Å². The first-order valence-corrected chi connectivity index (χ1v) is 12.0. The van der Waals surface area contributed by atoms with Gasteiger partial charge >= 0.3 is 0 Å². The van der Waals surface area contributed by atoms with Gasteiger partial charge in [-0.2, -0.15) is 0 Å². The fraction of sp³-hybridized carbons (Fsp3) is 0.500. The van der Waals surface area contributed by atoms with Crippen LogP contribution in [0.25, 0.3) is 0 Å². The van der Waals surface area contributed by atoms with Crippen molar-refractivity contribution in [1.29, 1.82) is 0 Å². The summed E-state index contributed by atoms with van der Waals surface area (Å²) in [7, 11) is -4.35. The molecule has 0 fully saturated rings. The number of benzene rings is 1. The second-order valence-corrected chi connectivity index (χ2v) is 10.2. The fourth-order valence-corrected chi connectivity index (χ4v) is 3.37. The van der Waals surface area contributed by atoms with Gasteiger partial charge in [-0.3, -0.25) is 25.6 Å². The van der Waals surface area contributed by atoms with Crippen molar-refractivity contribution in [3.05, 3.63) is 48.0 Å². The molecule has 0 heterocycles. The zero-order valence-electron chi connectivity index (χ0n) is 16.1. The molecule has 0 bridgehead atoms. The molecule has 0 radical (unpaired) electrons. The van der Waals surface area contributed by atoms with Crippen LogP contribution in [0.15, 0.2) is 42.5 Å². The second-order valence-electron chi connectivity index (χ2n) is 6.21. The lowest BCUT2D eigenvalue weighted by molar-refractivity contribution is 0.391. The highest BCUT2D eigenvalue weighted by Crippen LogP contribution is 2.31. The lowest BCUT2D eigenvalue weighted by Gasteiger charge is -2.25. The summed E-state index contributed by atoms with van der Waals surface area (Å²) in [6, 6.07) is 9.69. The highest BCUT2D eigenvalue weighted by molar-refractivity contribution is 7.57. The molecule has 0 aliphatic carbocycles. The van der Waals surface area contributed by atoms with Crippen LogP contribution in [0.1, 0.15) is 26.3 Å². The minimum atomic E-state index is -3.08. The van der Waals surface area contributed by atoms with E-state index in [2.05, 4.69) is 10.2 Å². The van der Waals surface area contributed by atoms with E-state index in [4.69, 9.17) is 16.5 Å². The van der Waals surface area contributed by atoms with Gasteiger partial charge in [0.1, 0.15) is 0 Å². The molecular formula is C16H34N6O2P2. The molecule has 8 N–H and O–H groups in total. The summed E-state index contributed by atoms with van der Waals surface area (Å²) in [5, 5.41) is 5.28. The maximum atomic E-state index is 11.4. The van der Waals surface area contributed by atoms with Gasteiger partial charge in [0.25, 0.3) is 15.2 Å². The molecule has 0 aromatic heterocycles. The summed E-state index contributed by atoms with van der Waals surface area (Å²) in [6.45, 7) is 7.71. The molecule has 0 aliphatic rings. The van der Waals surface area contributed by atoms with Gasteiger partial charge in [-0.15, -0.1) is 0 Å². The highest BCUT2D eigenvalue weighted by atomic mass is 31.2. The Morgan fingerprint density at radius 2 is 1.73 bits per heavy atom. The van der Waals surface area contributed by atoms with Gasteiger partial charge in [0, 0.05) is 19.6 Å². The highest BCUT2D eigenvalue weighted by Gasteiger charge is 2.20. The van der Waals surface area contributed by atoms with E-state index in [1.807, 2.05) is 63.3 Å². The average Bonchev–Trinajstić information content (AvgIpc) is 2.57. The molecule has 0 amide bonds. The Morgan fingerprint density at radius 1 is 1.15 bits per heavy atom. The molecule has 1 aromatic rings. The van der Waals surface area contributed by atoms with Crippen molar-refractivity contribution in [2.24, 2.45) is 22.4 Å². The largest absolute Gasteiger partial charge is 0.276 e. The van der Waals surface area contributed by atoms with E-state index in [0.29, 0.717) is 25.6 Å². The van der Waals surface area contributed by atoms with E-state index in [1.54, 1.807) is 11.7 Å². The van der Waals surface area contributed by atoms with Gasteiger partial charge in [0.05, 0.1) is 0 Å². The number of nitrogens with two attached hydrogens (primary N) is 3. The van der Waals surface area contributed by atoms with Gasteiger partial charge in [-0.25, -0.2) is 14.8 Å². The number of allylic oxidation sites excluding steroid dienone is 1. The van der Waals surface area contributed by atoms with E-state index in [0.717, 1.165) is 5.56 Å². The summed E-state index contributed by atoms with van der Waals surface area (Å²) in [5.74, 6) is 0.408. The molecule has 26 heavy (non-hydrogen) atoms. The molecule has 0 saturated heterocycles. The molecule has 10 heteroatoms. The normalized spacial score (nSPS) is 14.3. The van der Waals surface area contributed by atoms with Crippen LogP contribution in [-0.4, -0.2) is 24.8 Å². The quantitative estimate of drug-likeness (QED) is 0.313. The van der Waals surface area contributed by atoms with Gasteiger partial charge in [0.15, 0.2) is 0 Å². The fourth-order valence-electron chi connectivity index (χ4n) is 1.86. The average molecular weight is 404 g/mol. The summed E-state index contributed by atoms with van der Waals surface area (Å²) < 4.78 is 24.3. The molecule has 1 atom stereocenters. The molecule has 8 nitrogen and oxygen atoms in total. The Balaban J connectivity index is 0.000000481. The van der Waals surface area contributed by atoms with Crippen LogP contribution < -0.4 is 26.7 Å². The number of nitrogens with one attached hydrogen (secondary N) is 2. The number of hydrogen-bond donors (Lipinski definition) is 5. The van der Waals surface area contributed by atoms with Crippen molar-refractivity contribution in [2.75, 3.05) is 20.1 Å². The van der Waals surface area contributed by atoms with Crippen LogP contribution in [0, 0.1) is 5.92 Å². The lowest BCUT2D eigenvalue weighted by Crippen LogP contribution is -2.32. The number of hydrogen-bond acceptors (Lipinski definition) is 2. The minimum absolute atomic E-state index is 0.408. The predicted molar refractivity (Wildman–Crippen MR) is 111 cm³/mol. The zero-order valence-corrected chi connectivity index (χ0v) is 17.9. The number of rotatable bonds is 9. The van der Waals surface area contributed by atoms with Crippen LogP contribution in [0.2, 0.25) is 0 Å². The molecule has 150 valence electrons. The summed E-state index contributed by atoms with van der Waals surface area (Å²) in [4.78, 5) is 0. The van der Waals surface area contributed by atoms with Crippen molar-refractivity contribution in [1.82, 2.24) is 14.8 Å². The van der Waals surface area contributed by atoms with Gasteiger partial charge < -0.3 is 0 Å². The first kappa shape index (κ1) is 25.2. The van der Waals surface area contributed by atoms with E-state index in [-0.39, 0.29) is 0 Å². The molecule has 1 rings (SSSR count). The monoisotopic (exact) mass is 404 g/mol. The Morgan fingerprint density at radius 3 is 2.15 bits per heavy atom. The van der Waals surface area contributed by atoms with Crippen LogP contribution in [0.4, 0.5) is 0 Å². The smallest absolute Gasteiger partial charge is 0.271 e. The third kappa shape index (κ3) is 12.5. The maximum absolute atomic E-state index is 11.4. The number of nitrogens with zero attached hydrogens (tertiary/aromatic N) is 1. The zero-order chi connectivity index (χ0) is 20.2. The first-order valence-electron chi connectivity index (χ1n) is 8.42. The van der Waals surface area contributed by atoms with Gasteiger partial charge in [-0.1, -0.05) is 56.3 Å². The maximum Gasteiger partial charge on any atom is 0.276 e. The first-order chi connectivity index (χ1) is 12.0. The van der Waals surface area contributed by atoms with Crippen LogP contribution in [-0.2, 0) is 15.7 Å². The van der Waals surface area contributed by atoms with E-state index >= 15 is 0 Å². The van der Waals surface area contributed by atoms with E-state index < -0.39 is 15.2 Å². The van der Waals surface area contributed by atoms with Crippen LogP contribution in [0.3, 0.4) is 0 Å². The molecular weight excluding hydrogens is 370 g/mol. The molecule has 0 aliphatic heterocycles. The predicted octanol–water partition coefficient (Wildman–Crippen LogP) is 2.61. The summed E-state index contributed by atoms with van der Waals surface area (Å²) in [5.41, 5.74) is 17.2. The lowest BCUT2D eigenvalue weighted by atomic mass is 10.2. The third-order valence-electron chi connectivity index (χ3n) is 3.26. The molecule has 0 saturated carbocycles. The van der Waals surface area contributed by atoms with E-state index in [1.165, 1.54) is 0 Å². The standard InChI is InChI=1S/C8H14N3OP.C8H20N3OP/c1-10-13(9,12)11-7-8-5-3-2-4-6-8;1-4-5-6-11(7-8(2)3)13(9,10)12/h2-6H,7H2,1H3,(H4,9,10,11,12);4-5,8H,6-7H2,1-3H3,(H4,9,10,12). The van der Waals surface area contributed by atoms with Crippen LogP contribution in [0.5, 0.6) is 0 Å². The molecule has 1 unspecified atom stereocenters. The third-order valence-corrected chi connectivity index (χ3v) is 5.77. The summed E-state index contributed by atoms with van der Waals surface area (Å²) >= 11 is 0. The Kier molecular flexibility index (Phi) is 12.2. The molecule has 0 spiro atoms. The minimum Gasteiger partial charge on any atom is -0.271 e.